The van der Waals surface area contributed by atoms with Crippen molar-refractivity contribution >= 4 is 0 Å². The fraction of sp³-hybridized carbons (Fsp3) is 1.00. The molecule has 19 heavy (non-hydrogen) atoms. The minimum Gasteiger partial charge on any atom is -0.288 e. The van der Waals surface area contributed by atoms with Crippen molar-refractivity contribution in [1.82, 2.24) is 0 Å². The van der Waals surface area contributed by atoms with Crippen LogP contribution in [0.1, 0.15) is 13.8 Å². The molecule has 1 aliphatic heterocycles. The fourth-order valence-corrected chi connectivity index (χ4v) is 1.55. The lowest BCUT2D eigenvalue weighted by Crippen LogP contribution is -2.61. The number of ether oxygens (including phenoxy) is 1. The van der Waals surface area contributed by atoms with Gasteiger partial charge in [0, 0.05) is 6.92 Å². The average molecular weight is 308 g/mol. The van der Waals surface area contributed by atoms with E-state index in [0.717, 1.165) is 0 Å². The zero-order chi connectivity index (χ0) is 15.7. The molecule has 1 saturated heterocycles. The van der Waals surface area contributed by atoms with Crippen molar-refractivity contribution in [3.63, 3.8) is 0 Å². The van der Waals surface area contributed by atoms with Crippen molar-refractivity contribution in [3.05, 3.63) is 0 Å². The molecule has 0 bridgehead atoms. The summed E-state index contributed by atoms with van der Waals surface area (Å²) in [5.74, 6) is -23.1. The van der Waals surface area contributed by atoms with Crippen LogP contribution in [0.2, 0.25) is 0 Å². The van der Waals surface area contributed by atoms with E-state index in [-0.39, 0.29) is 0 Å². The van der Waals surface area contributed by atoms with Gasteiger partial charge < -0.3 is 0 Å². The predicted octanol–water partition coefficient (Wildman–Crippen LogP) is 3.93. The van der Waals surface area contributed by atoms with Crippen molar-refractivity contribution in [2.45, 2.75) is 49.2 Å². The van der Waals surface area contributed by atoms with Crippen molar-refractivity contribution in [2.75, 3.05) is 0 Å². The second-order valence-electron chi connectivity index (χ2n) is 4.26. The summed E-state index contributed by atoms with van der Waals surface area (Å²) < 4.78 is 131. The Morgan fingerprint density at radius 3 is 1.32 bits per heavy atom. The second-order valence-corrected chi connectivity index (χ2v) is 4.26. The molecular formula is C8H6F10O. The summed E-state index contributed by atoms with van der Waals surface area (Å²) in [6, 6.07) is 0. The number of hydrogen-bond donors (Lipinski definition) is 0. The van der Waals surface area contributed by atoms with Gasteiger partial charge in [0.05, 0.1) is 0 Å². The highest BCUT2D eigenvalue weighted by atomic mass is 19.4. The summed E-state index contributed by atoms with van der Waals surface area (Å²) in [6.45, 7) is -1.29. The first-order valence-corrected chi connectivity index (χ1v) is 4.55. The molecule has 3 atom stereocenters. The molecular weight excluding hydrogens is 302 g/mol. The standard InChI is InChI=1S/C8H6F10O/c1-3(9)5(12,13)7(15,4(2,10)11)19-6(3,14)8(16,17)18/h1-2H3. The van der Waals surface area contributed by atoms with E-state index in [0.29, 0.717) is 0 Å². The van der Waals surface area contributed by atoms with Gasteiger partial charge >= 0.3 is 29.7 Å². The fourth-order valence-electron chi connectivity index (χ4n) is 1.55. The molecule has 114 valence electrons. The molecule has 0 N–H and O–H groups in total. The van der Waals surface area contributed by atoms with Gasteiger partial charge in [-0.05, 0) is 6.92 Å². The monoisotopic (exact) mass is 308 g/mol. The van der Waals surface area contributed by atoms with Crippen LogP contribution in [-0.2, 0) is 4.74 Å². The Morgan fingerprint density at radius 1 is 0.789 bits per heavy atom. The van der Waals surface area contributed by atoms with Gasteiger partial charge in [-0.2, -0.15) is 30.7 Å². The average Bonchev–Trinajstić information content (AvgIpc) is 2.22. The van der Waals surface area contributed by atoms with Crippen molar-refractivity contribution in [1.29, 1.82) is 0 Å². The summed E-state index contributed by atoms with van der Waals surface area (Å²) in [5, 5.41) is 0. The van der Waals surface area contributed by atoms with Crippen LogP contribution in [0.15, 0.2) is 0 Å². The summed E-state index contributed by atoms with van der Waals surface area (Å²) in [4.78, 5) is 0. The minimum absolute atomic E-state index is 0.584. The smallest absolute Gasteiger partial charge is 0.288 e. The normalized spacial score (nSPS) is 43.6. The summed E-state index contributed by atoms with van der Waals surface area (Å²) in [5.41, 5.74) is -5.38. The molecule has 0 aliphatic carbocycles. The third-order valence-electron chi connectivity index (χ3n) is 2.81. The molecule has 1 nitrogen and oxygen atoms in total. The Bertz CT molecular complexity index is 346. The highest BCUT2D eigenvalue weighted by Crippen LogP contribution is 2.66. The van der Waals surface area contributed by atoms with E-state index in [4.69, 9.17) is 0 Å². The highest BCUT2D eigenvalue weighted by molar-refractivity contribution is 5.19. The van der Waals surface area contributed by atoms with Crippen LogP contribution >= 0.6 is 0 Å². The van der Waals surface area contributed by atoms with Gasteiger partial charge in [0.15, 0.2) is 0 Å². The molecule has 1 rings (SSSR count). The Labute approximate surface area is 99.1 Å². The maximum Gasteiger partial charge on any atom is 0.452 e. The summed E-state index contributed by atoms with van der Waals surface area (Å²) in [7, 11) is 0. The molecule has 0 spiro atoms. The zero-order valence-electron chi connectivity index (χ0n) is 9.19. The summed E-state index contributed by atoms with van der Waals surface area (Å²) >= 11 is 0. The first kappa shape index (κ1) is 16.3. The van der Waals surface area contributed by atoms with Crippen LogP contribution in [0, 0.1) is 0 Å². The van der Waals surface area contributed by atoms with Gasteiger partial charge in [-0.1, -0.05) is 0 Å². The third kappa shape index (κ3) is 1.59. The van der Waals surface area contributed by atoms with E-state index in [1.54, 1.807) is 0 Å². The van der Waals surface area contributed by atoms with Gasteiger partial charge in [0.25, 0.3) is 0 Å². The Kier molecular flexibility index (Phi) is 2.98. The van der Waals surface area contributed by atoms with Gasteiger partial charge in [-0.25, -0.2) is 13.2 Å². The molecule has 0 aromatic heterocycles. The van der Waals surface area contributed by atoms with E-state index in [1.165, 1.54) is 0 Å². The third-order valence-corrected chi connectivity index (χ3v) is 2.81. The Balaban J connectivity index is 3.58. The van der Waals surface area contributed by atoms with E-state index in [9.17, 15) is 43.9 Å². The number of rotatable bonds is 1. The molecule has 1 fully saturated rings. The predicted molar refractivity (Wildman–Crippen MR) is 39.9 cm³/mol. The topological polar surface area (TPSA) is 9.23 Å². The van der Waals surface area contributed by atoms with Crippen molar-refractivity contribution in [3.8, 4) is 0 Å². The first-order valence-electron chi connectivity index (χ1n) is 4.55. The minimum atomic E-state index is -6.49. The SMILES string of the molecule is CC(F)(F)C1(F)OC(F)(C(F)(F)F)C(C)(F)C1(F)F. The lowest BCUT2D eigenvalue weighted by molar-refractivity contribution is -0.399. The molecule has 1 heterocycles. The van der Waals surface area contributed by atoms with Crippen LogP contribution in [0.25, 0.3) is 0 Å². The molecule has 0 amide bonds. The Morgan fingerprint density at radius 2 is 1.16 bits per heavy atom. The van der Waals surface area contributed by atoms with Gasteiger partial charge in [-0.15, -0.1) is 0 Å². The molecule has 0 aromatic carbocycles. The van der Waals surface area contributed by atoms with Gasteiger partial charge in [0.1, 0.15) is 0 Å². The Hall–Kier alpha value is -0.740. The van der Waals surface area contributed by atoms with Crippen molar-refractivity contribution in [2.24, 2.45) is 0 Å². The van der Waals surface area contributed by atoms with E-state index in [2.05, 4.69) is 4.74 Å². The summed E-state index contributed by atoms with van der Waals surface area (Å²) in [6.07, 6.45) is -6.49. The number of alkyl halides is 10. The van der Waals surface area contributed by atoms with Crippen LogP contribution in [0.4, 0.5) is 43.9 Å². The number of halogens is 10. The van der Waals surface area contributed by atoms with E-state index in [1.807, 2.05) is 0 Å². The van der Waals surface area contributed by atoms with E-state index >= 15 is 0 Å². The maximum atomic E-state index is 13.4. The molecule has 0 radical (unpaired) electrons. The van der Waals surface area contributed by atoms with Crippen LogP contribution in [0.3, 0.4) is 0 Å². The maximum absolute atomic E-state index is 13.4. The molecule has 0 aromatic rings. The van der Waals surface area contributed by atoms with E-state index < -0.39 is 49.2 Å². The van der Waals surface area contributed by atoms with Crippen LogP contribution in [-0.4, -0.2) is 35.4 Å². The first-order chi connectivity index (χ1) is 7.96. The second kappa shape index (κ2) is 3.47. The molecule has 0 saturated carbocycles. The van der Waals surface area contributed by atoms with Gasteiger partial charge in [0.2, 0.25) is 5.67 Å². The molecule has 1 aliphatic rings. The lowest BCUT2D eigenvalue weighted by atomic mass is 9.88. The van der Waals surface area contributed by atoms with Crippen molar-refractivity contribution < 1.29 is 48.6 Å². The van der Waals surface area contributed by atoms with Gasteiger partial charge in [-0.3, -0.25) is 4.74 Å². The largest absolute Gasteiger partial charge is 0.452 e. The van der Waals surface area contributed by atoms with Crippen LogP contribution < -0.4 is 0 Å². The van der Waals surface area contributed by atoms with Crippen LogP contribution in [0.5, 0.6) is 0 Å². The zero-order valence-corrected chi connectivity index (χ0v) is 9.19. The quantitative estimate of drug-likeness (QED) is 0.667. The highest BCUT2D eigenvalue weighted by Gasteiger charge is 2.94. The number of hydrogen-bond acceptors (Lipinski definition) is 1. The lowest BCUT2D eigenvalue weighted by Gasteiger charge is -2.32. The molecule has 11 heteroatoms. The molecule has 3 unspecified atom stereocenters.